The van der Waals surface area contributed by atoms with Crippen LogP contribution in [0.5, 0.6) is 0 Å². The van der Waals surface area contributed by atoms with E-state index in [-0.39, 0.29) is 5.92 Å². The van der Waals surface area contributed by atoms with Crippen molar-refractivity contribution in [3.05, 3.63) is 12.7 Å². The average molecular weight is 185 g/mol. The van der Waals surface area contributed by atoms with Gasteiger partial charge in [0.15, 0.2) is 0 Å². The van der Waals surface area contributed by atoms with Crippen molar-refractivity contribution in [2.24, 2.45) is 5.92 Å². The first-order valence-corrected chi connectivity index (χ1v) is 3.79. The molecule has 0 saturated heterocycles. The summed E-state index contributed by atoms with van der Waals surface area (Å²) in [5.74, 6) is -1.26. The number of carboxylic acids is 1. The van der Waals surface area contributed by atoms with Gasteiger partial charge in [-0.1, -0.05) is 6.08 Å². The first kappa shape index (κ1) is 9.57. The van der Waals surface area contributed by atoms with Gasteiger partial charge in [0.2, 0.25) is 0 Å². The van der Waals surface area contributed by atoms with Crippen LogP contribution in [0.1, 0.15) is 6.42 Å². The van der Waals surface area contributed by atoms with E-state index in [0.29, 0.717) is 6.42 Å². The number of alkyl carbamates (subject to hydrolysis) is 1. The minimum atomic E-state index is -1.19. The van der Waals surface area contributed by atoms with Gasteiger partial charge < -0.3 is 15.2 Å². The van der Waals surface area contributed by atoms with Crippen molar-refractivity contribution in [3.63, 3.8) is 0 Å². The van der Waals surface area contributed by atoms with E-state index in [2.05, 4.69) is 16.6 Å². The molecule has 1 saturated carbocycles. The molecule has 1 fully saturated rings. The zero-order valence-electron chi connectivity index (χ0n) is 7.24. The van der Waals surface area contributed by atoms with Crippen molar-refractivity contribution in [1.82, 2.24) is 5.32 Å². The lowest BCUT2D eigenvalue weighted by Gasteiger charge is -2.11. The summed E-state index contributed by atoms with van der Waals surface area (Å²) in [6, 6.07) is 0. The average Bonchev–Trinajstić information content (AvgIpc) is 2.80. The lowest BCUT2D eigenvalue weighted by Crippen LogP contribution is -2.44. The van der Waals surface area contributed by atoms with E-state index < -0.39 is 17.6 Å². The van der Waals surface area contributed by atoms with Gasteiger partial charge in [0.1, 0.15) is 5.54 Å². The Morgan fingerprint density at radius 3 is 2.69 bits per heavy atom. The first-order chi connectivity index (χ1) is 6.06. The topological polar surface area (TPSA) is 75.6 Å². The normalized spacial score (nSPS) is 30.4. The molecule has 1 amide bonds. The lowest BCUT2D eigenvalue weighted by atomic mass is 10.2. The highest BCUT2D eigenvalue weighted by atomic mass is 16.5. The fraction of sp³-hybridized carbons (Fsp3) is 0.500. The Morgan fingerprint density at radius 1 is 1.77 bits per heavy atom. The molecule has 0 aliphatic heterocycles. The summed E-state index contributed by atoms with van der Waals surface area (Å²) in [6.07, 6.45) is 1.16. The number of aliphatic carboxylic acids is 1. The Hall–Kier alpha value is -1.52. The highest BCUT2D eigenvalue weighted by Crippen LogP contribution is 2.44. The predicted molar refractivity (Wildman–Crippen MR) is 44.2 cm³/mol. The van der Waals surface area contributed by atoms with E-state index >= 15 is 0 Å². The number of nitrogens with one attached hydrogen (secondary N) is 1. The molecule has 2 unspecified atom stereocenters. The Kier molecular flexibility index (Phi) is 2.27. The second kappa shape index (κ2) is 3.08. The molecule has 0 spiro atoms. The summed E-state index contributed by atoms with van der Waals surface area (Å²) in [5, 5.41) is 11.1. The Morgan fingerprint density at radius 2 is 2.38 bits per heavy atom. The monoisotopic (exact) mass is 185 g/mol. The van der Waals surface area contributed by atoms with Crippen molar-refractivity contribution in [2.45, 2.75) is 12.0 Å². The molecule has 0 aromatic rings. The van der Waals surface area contributed by atoms with Crippen LogP contribution < -0.4 is 5.32 Å². The Labute approximate surface area is 75.4 Å². The molecule has 5 heteroatoms. The molecule has 0 heterocycles. The van der Waals surface area contributed by atoms with Crippen molar-refractivity contribution in [1.29, 1.82) is 0 Å². The van der Waals surface area contributed by atoms with Crippen molar-refractivity contribution in [3.8, 4) is 0 Å². The molecule has 2 N–H and O–H groups in total. The summed E-state index contributed by atoms with van der Waals surface area (Å²) >= 11 is 0. The molecule has 1 aliphatic rings. The van der Waals surface area contributed by atoms with Crippen LogP contribution in [0.15, 0.2) is 12.7 Å². The fourth-order valence-electron chi connectivity index (χ4n) is 1.25. The molecule has 0 aromatic heterocycles. The van der Waals surface area contributed by atoms with Gasteiger partial charge in [-0.2, -0.15) is 0 Å². The highest BCUT2D eigenvalue weighted by molar-refractivity contribution is 5.88. The van der Waals surface area contributed by atoms with Crippen LogP contribution in [0.2, 0.25) is 0 Å². The Bertz CT molecular complexity index is 263. The second-order valence-corrected chi connectivity index (χ2v) is 2.94. The molecule has 5 nitrogen and oxygen atoms in total. The number of methoxy groups -OCH3 is 1. The van der Waals surface area contributed by atoms with E-state index in [1.54, 1.807) is 0 Å². The number of carboxylic acid groups (broad SMARTS) is 1. The molecule has 0 radical (unpaired) electrons. The number of hydrogen-bond acceptors (Lipinski definition) is 3. The van der Waals surface area contributed by atoms with Crippen LogP contribution in [0.25, 0.3) is 0 Å². The SMILES string of the molecule is C=CC1CC1(NC(=O)OC)C(=O)O. The minimum Gasteiger partial charge on any atom is -0.479 e. The van der Waals surface area contributed by atoms with Crippen LogP contribution in [0.3, 0.4) is 0 Å². The largest absolute Gasteiger partial charge is 0.479 e. The maximum absolute atomic E-state index is 10.8. The van der Waals surface area contributed by atoms with E-state index in [1.807, 2.05) is 0 Å². The van der Waals surface area contributed by atoms with Gasteiger partial charge in [0, 0.05) is 5.92 Å². The van der Waals surface area contributed by atoms with Crippen LogP contribution in [-0.2, 0) is 9.53 Å². The van der Waals surface area contributed by atoms with Crippen molar-refractivity contribution in [2.75, 3.05) is 7.11 Å². The van der Waals surface area contributed by atoms with Gasteiger partial charge in [-0.3, -0.25) is 0 Å². The second-order valence-electron chi connectivity index (χ2n) is 2.94. The smallest absolute Gasteiger partial charge is 0.407 e. The number of carbonyl (C=O) groups excluding carboxylic acids is 1. The summed E-state index contributed by atoms with van der Waals surface area (Å²) in [7, 11) is 1.19. The lowest BCUT2D eigenvalue weighted by molar-refractivity contribution is -0.140. The molecule has 0 aromatic carbocycles. The zero-order valence-corrected chi connectivity index (χ0v) is 7.24. The van der Waals surface area contributed by atoms with Gasteiger partial charge in [-0.15, -0.1) is 6.58 Å². The molecule has 2 atom stereocenters. The number of rotatable bonds is 3. The first-order valence-electron chi connectivity index (χ1n) is 3.79. The van der Waals surface area contributed by atoms with E-state index in [4.69, 9.17) is 5.11 Å². The van der Waals surface area contributed by atoms with Gasteiger partial charge >= 0.3 is 12.1 Å². The number of amides is 1. The Balaban J connectivity index is 2.67. The number of ether oxygens (including phenoxy) is 1. The maximum Gasteiger partial charge on any atom is 0.407 e. The third-order valence-corrected chi connectivity index (χ3v) is 2.19. The zero-order chi connectivity index (χ0) is 10.1. The van der Waals surface area contributed by atoms with Crippen LogP contribution in [0, 0.1) is 5.92 Å². The van der Waals surface area contributed by atoms with Gasteiger partial charge in [0.25, 0.3) is 0 Å². The van der Waals surface area contributed by atoms with Gasteiger partial charge in [-0.05, 0) is 6.42 Å². The quantitative estimate of drug-likeness (QED) is 0.623. The van der Waals surface area contributed by atoms with Crippen molar-refractivity contribution >= 4 is 12.1 Å². The van der Waals surface area contributed by atoms with E-state index in [1.165, 1.54) is 13.2 Å². The standard InChI is InChI=1S/C8H11NO4/c1-3-5-4-8(5,6(10)11)9-7(12)13-2/h3,5H,1,4H2,2H3,(H,9,12)(H,10,11). The summed E-state index contributed by atoms with van der Waals surface area (Å²) < 4.78 is 4.32. The number of carbonyl (C=O) groups is 2. The third-order valence-electron chi connectivity index (χ3n) is 2.19. The predicted octanol–water partition coefficient (Wildman–Crippen LogP) is 0.372. The molecule has 1 aliphatic carbocycles. The summed E-state index contributed by atoms with van der Waals surface area (Å²) in [4.78, 5) is 21.6. The molecular formula is C8H11NO4. The van der Waals surface area contributed by atoms with E-state index in [9.17, 15) is 9.59 Å². The minimum absolute atomic E-state index is 0.205. The summed E-state index contributed by atoms with van der Waals surface area (Å²) in [5.41, 5.74) is -1.19. The maximum atomic E-state index is 10.8. The van der Waals surface area contributed by atoms with Gasteiger partial charge in [0.05, 0.1) is 7.11 Å². The van der Waals surface area contributed by atoms with Gasteiger partial charge in [-0.25, -0.2) is 9.59 Å². The van der Waals surface area contributed by atoms with Crippen LogP contribution in [0.4, 0.5) is 4.79 Å². The molecular weight excluding hydrogens is 174 g/mol. The fourth-order valence-corrected chi connectivity index (χ4v) is 1.25. The molecule has 0 bridgehead atoms. The highest BCUT2D eigenvalue weighted by Gasteiger charge is 2.60. The van der Waals surface area contributed by atoms with Crippen molar-refractivity contribution < 1.29 is 19.4 Å². The van der Waals surface area contributed by atoms with Crippen LogP contribution >= 0.6 is 0 Å². The molecule has 72 valence electrons. The molecule has 13 heavy (non-hydrogen) atoms. The van der Waals surface area contributed by atoms with Crippen LogP contribution in [-0.4, -0.2) is 29.8 Å². The number of hydrogen-bond donors (Lipinski definition) is 2. The molecule has 1 rings (SSSR count). The third kappa shape index (κ3) is 1.49. The summed E-state index contributed by atoms with van der Waals surface area (Å²) in [6.45, 7) is 3.48. The van der Waals surface area contributed by atoms with E-state index in [0.717, 1.165) is 0 Å².